The second kappa shape index (κ2) is 6.09. The van der Waals surface area contributed by atoms with Crippen LogP contribution in [-0.2, 0) is 0 Å². The van der Waals surface area contributed by atoms with Crippen molar-refractivity contribution < 1.29 is 4.79 Å². The molecule has 0 aromatic heterocycles. The standard InChI is InChI=1S/C12H25N3O/c1-9(2)14-12(16)15(4)11-7-5-10(13-3)6-8-11/h9-11,13H,5-8H2,1-4H3,(H,14,16). The van der Waals surface area contributed by atoms with Crippen LogP contribution >= 0.6 is 0 Å². The highest BCUT2D eigenvalue weighted by Crippen LogP contribution is 2.22. The van der Waals surface area contributed by atoms with Crippen molar-refractivity contribution in [2.75, 3.05) is 14.1 Å². The second-order valence-electron chi connectivity index (χ2n) is 5.01. The lowest BCUT2D eigenvalue weighted by molar-refractivity contribution is 0.165. The molecule has 16 heavy (non-hydrogen) atoms. The molecular formula is C12H25N3O. The number of carbonyl (C=O) groups is 1. The van der Waals surface area contributed by atoms with E-state index in [1.807, 2.05) is 32.8 Å². The average Bonchev–Trinajstić information content (AvgIpc) is 2.27. The Bertz CT molecular complexity index is 222. The second-order valence-corrected chi connectivity index (χ2v) is 5.01. The molecule has 4 heteroatoms. The van der Waals surface area contributed by atoms with Gasteiger partial charge in [0.1, 0.15) is 0 Å². The Labute approximate surface area is 98.8 Å². The zero-order valence-electron chi connectivity index (χ0n) is 10.9. The van der Waals surface area contributed by atoms with Crippen LogP contribution in [0.15, 0.2) is 0 Å². The Balaban J connectivity index is 2.37. The summed E-state index contributed by atoms with van der Waals surface area (Å²) in [4.78, 5) is 13.7. The maximum absolute atomic E-state index is 11.8. The average molecular weight is 227 g/mol. The van der Waals surface area contributed by atoms with Crippen LogP contribution in [0.3, 0.4) is 0 Å². The van der Waals surface area contributed by atoms with E-state index in [1.54, 1.807) is 0 Å². The summed E-state index contributed by atoms with van der Waals surface area (Å²) in [5.74, 6) is 0. The SMILES string of the molecule is CNC1CCC(N(C)C(=O)NC(C)C)CC1. The predicted molar refractivity (Wildman–Crippen MR) is 66.5 cm³/mol. The van der Waals surface area contributed by atoms with Crippen molar-refractivity contribution in [2.45, 2.75) is 57.7 Å². The van der Waals surface area contributed by atoms with Crippen LogP contribution < -0.4 is 10.6 Å². The van der Waals surface area contributed by atoms with Gasteiger partial charge in [-0.05, 0) is 46.6 Å². The molecule has 0 saturated heterocycles. The van der Waals surface area contributed by atoms with E-state index in [0.717, 1.165) is 12.8 Å². The third-order valence-corrected chi connectivity index (χ3v) is 3.39. The van der Waals surface area contributed by atoms with Gasteiger partial charge in [-0.25, -0.2) is 4.79 Å². The Morgan fingerprint density at radius 3 is 2.25 bits per heavy atom. The van der Waals surface area contributed by atoms with Crippen molar-refractivity contribution in [3.05, 3.63) is 0 Å². The van der Waals surface area contributed by atoms with Crippen LogP contribution in [0.5, 0.6) is 0 Å². The molecule has 0 aromatic rings. The number of urea groups is 1. The maximum Gasteiger partial charge on any atom is 0.317 e. The lowest BCUT2D eigenvalue weighted by Gasteiger charge is -2.34. The minimum absolute atomic E-state index is 0.0582. The molecule has 1 rings (SSSR count). The first-order valence-electron chi connectivity index (χ1n) is 6.25. The van der Waals surface area contributed by atoms with Crippen LogP contribution in [-0.4, -0.2) is 43.2 Å². The number of rotatable bonds is 3. The molecule has 1 aliphatic carbocycles. The van der Waals surface area contributed by atoms with E-state index in [-0.39, 0.29) is 12.1 Å². The van der Waals surface area contributed by atoms with Crippen LogP contribution in [0.4, 0.5) is 4.79 Å². The zero-order chi connectivity index (χ0) is 12.1. The molecule has 1 saturated carbocycles. The van der Waals surface area contributed by atoms with Gasteiger partial charge in [0.15, 0.2) is 0 Å². The molecule has 0 spiro atoms. The highest BCUT2D eigenvalue weighted by molar-refractivity contribution is 5.74. The number of nitrogens with one attached hydrogen (secondary N) is 2. The van der Waals surface area contributed by atoms with Gasteiger partial charge in [-0.2, -0.15) is 0 Å². The third-order valence-electron chi connectivity index (χ3n) is 3.39. The largest absolute Gasteiger partial charge is 0.336 e. The first-order valence-corrected chi connectivity index (χ1v) is 6.25. The highest BCUT2D eigenvalue weighted by Gasteiger charge is 2.25. The Morgan fingerprint density at radius 1 is 1.25 bits per heavy atom. The Kier molecular flexibility index (Phi) is 5.06. The van der Waals surface area contributed by atoms with Crippen molar-refractivity contribution in [1.82, 2.24) is 15.5 Å². The van der Waals surface area contributed by atoms with Crippen LogP contribution in [0.25, 0.3) is 0 Å². The van der Waals surface area contributed by atoms with E-state index in [2.05, 4.69) is 10.6 Å². The number of hydrogen-bond acceptors (Lipinski definition) is 2. The Hall–Kier alpha value is -0.770. The quantitative estimate of drug-likeness (QED) is 0.768. The minimum Gasteiger partial charge on any atom is -0.336 e. The summed E-state index contributed by atoms with van der Waals surface area (Å²) in [5.41, 5.74) is 0. The fourth-order valence-corrected chi connectivity index (χ4v) is 2.27. The topological polar surface area (TPSA) is 44.4 Å². The lowest BCUT2D eigenvalue weighted by atomic mass is 9.90. The molecule has 0 aliphatic heterocycles. The molecule has 4 nitrogen and oxygen atoms in total. The molecule has 2 N–H and O–H groups in total. The van der Waals surface area contributed by atoms with Crippen LogP contribution in [0.2, 0.25) is 0 Å². The highest BCUT2D eigenvalue weighted by atomic mass is 16.2. The van der Waals surface area contributed by atoms with Crippen LogP contribution in [0, 0.1) is 0 Å². The fourth-order valence-electron chi connectivity index (χ4n) is 2.27. The van der Waals surface area contributed by atoms with Gasteiger partial charge in [0.2, 0.25) is 0 Å². The molecule has 0 atom stereocenters. The van der Waals surface area contributed by atoms with Crippen molar-refractivity contribution in [2.24, 2.45) is 0 Å². The van der Waals surface area contributed by atoms with E-state index in [1.165, 1.54) is 12.8 Å². The van der Waals surface area contributed by atoms with E-state index in [4.69, 9.17) is 0 Å². The molecule has 0 radical (unpaired) electrons. The van der Waals surface area contributed by atoms with E-state index >= 15 is 0 Å². The summed E-state index contributed by atoms with van der Waals surface area (Å²) in [5, 5.41) is 6.24. The van der Waals surface area contributed by atoms with Crippen LogP contribution in [0.1, 0.15) is 39.5 Å². The molecule has 2 amide bonds. The van der Waals surface area contributed by atoms with E-state index in [0.29, 0.717) is 12.1 Å². The summed E-state index contributed by atoms with van der Waals surface area (Å²) >= 11 is 0. The summed E-state index contributed by atoms with van der Waals surface area (Å²) in [6.07, 6.45) is 4.54. The summed E-state index contributed by atoms with van der Waals surface area (Å²) < 4.78 is 0. The smallest absolute Gasteiger partial charge is 0.317 e. The molecule has 0 bridgehead atoms. The number of hydrogen-bond donors (Lipinski definition) is 2. The number of nitrogens with zero attached hydrogens (tertiary/aromatic N) is 1. The van der Waals surface area contributed by atoms with Gasteiger partial charge in [0.05, 0.1) is 0 Å². The van der Waals surface area contributed by atoms with Gasteiger partial charge >= 0.3 is 6.03 Å². The molecule has 0 unspecified atom stereocenters. The molecule has 0 heterocycles. The van der Waals surface area contributed by atoms with Gasteiger partial charge < -0.3 is 15.5 Å². The van der Waals surface area contributed by atoms with Crippen molar-refractivity contribution in [3.63, 3.8) is 0 Å². The zero-order valence-corrected chi connectivity index (χ0v) is 10.9. The molecule has 1 aliphatic rings. The van der Waals surface area contributed by atoms with Crippen molar-refractivity contribution >= 4 is 6.03 Å². The maximum atomic E-state index is 11.8. The van der Waals surface area contributed by atoms with Gasteiger partial charge in [-0.1, -0.05) is 0 Å². The first-order chi connectivity index (χ1) is 7.54. The van der Waals surface area contributed by atoms with Gasteiger partial charge in [-0.3, -0.25) is 0 Å². The van der Waals surface area contributed by atoms with Gasteiger partial charge in [0, 0.05) is 25.2 Å². The minimum atomic E-state index is 0.0582. The molecule has 0 aromatic carbocycles. The fraction of sp³-hybridized carbons (Fsp3) is 0.917. The van der Waals surface area contributed by atoms with Gasteiger partial charge in [-0.15, -0.1) is 0 Å². The van der Waals surface area contributed by atoms with E-state index < -0.39 is 0 Å². The monoisotopic (exact) mass is 227 g/mol. The third kappa shape index (κ3) is 3.67. The lowest BCUT2D eigenvalue weighted by Crippen LogP contribution is -2.48. The normalized spacial score (nSPS) is 25.6. The van der Waals surface area contributed by atoms with Gasteiger partial charge in [0.25, 0.3) is 0 Å². The van der Waals surface area contributed by atoms with Crippen molar-refractivity contribution in [3.8, 4) is 0 Å². The number of amides is 2. The predicted octanol–water partition coefficient (Wildman–Crippen LogP) is 1.57. The van der Waals surface area contributed by atoms with Crippen molar-refractivity contribution in [1.29, 1.82) is 0 Å². The summed E-state index contributed by atoms with van der Waals surface area (Å²) in [6.45, 7) is 3.98. The summed E-state index contributed by atoms with van der Waals surface area (Å²) in [6, 6.07) is 1.31. The molecule has 94 valence electrons. The molecule has 1 fully saturated rings. The molecular weight excluding hydrogens is 202 g/mol. The Morgan fingerprint density at radius 2 is 1.81 bits per heavy atom. The first kappa shape index (κ1) is 13.3. The van der Waals surface area contributed by atoms with E-state index in [9.17, 15) is 4.79 Å². The summed E-state index contributed by atoms with van der Waals surface area (Å²) in [7, 11) is 3.92. The number of carbonyl (C=O) groups excluding carboxylic acids is 1.